The number of aliphatic hydroxyl groups excluding tert-OH is 1. The standard InChI is InChI=1S/C25H32N2O7S/c1-3-32-22(9-4-5-10-23(29)27-31)24(18-7-6-8-20(17-18)33-16-15-28)34-25(30)26-19-11-13-21(35-2)14-12-19/h5-8,10-14,17,22,24,28,31H,3-4,9,15-16H2,1-2H3,(H,26,30)(H,27,29)/b10-5+/t22-,24-/m0/s1. The first-order valence-corrected chi connectivity index (χ1v) is 12.4. The summed E-state index contributed by atoms with van der Waals surface area (Å²) in [5.74, 6) is -0.112. The molecular weight excluding hydrogens is 472 g/mol. The molecule has 9 nitrogen and oxygen atoms in total. The minimum atomic E-state index is -0.779. The Morgan fingerprint density at radius 2 is 1.94 bits per heavy atom. The monoisotopic (exact) mass is 504 g/mol. The van der Waals surface area contributed by atoms with Gasteiger partial charge in [-0.3, -0.25) is 15.3 Å². The van der Waals surface area contributed by atoms with E-state index in [-0.39, 0.29) is 13.2 Å². The third kappa shape index (κ3) is 9.99. The van der Waals surface area contributed by atoms with E-state index in [9.17, 15) is 9.59 Å². The number of hydroxylamine groups is 1. The maximum absolute atomic E-state index is 12.8. The number of hydrogen-bond donors (Lipinski definition) is 4. The maximum Gasteiger partial charge on any atom is 0.412 e. The molecule has 2 rings (SSSR count). The highest BCUT2D eigenvalue weighted by atomic mass is 32.2. The SMILES string of the molecule is CCO[C@@H](CC/C=C/C(=O)NO)[C@@H](OC(=O)Nc1ccc(SC)cc1)c1cccc(OCCO)c1. The van der Waals surface area contributed by atoms with E-state index in [1.165, 1.54) is 11.6 Å². The average Bonchev–Trinajstić information content (AvgIpc) is 2.88. The molecule has 0 spiro atoms. The lowest BCUT2D eigenvalue weighted by Crippen LogP contribution is -2.29. The van der Waals surface area contributed by atoms with Crippen LogP contribution in [-0.2, 0) is 14.3 Å². The molecule has 0 radical (unpaired) electrons. The molecule has 0 aliphatic rings. The highest BCUT2D eigenvalue weighted by Crippen LogP contribution is 2.30. The van der Waals surface area contributed by atoms with Gasteiger partial charge in [0.25, 0.3) is 5.91 Å². The summed E-state index contributed by atoms with van der Waals surface area (Å²) >= 11 is 1.60. The molecule has 0 aliphatic carbocycles. The molecule has 0 aliphatic heterocycles. The lowest BCUT2D eigenvalue weighted by atomic mass is 10.00. The zero-order valence-electron chi connectivity index (χ0n) is 19.8. The minimum Gasteiger partial charge on any atom is -0.491 e. The predicted octanol–water partition coefficient (Wildman–Crippen LogP) is 4.32. The molecule has 2 atom stereocenters. The molecule has 0 fully saturated rings. The van der Waals surface area contributed by atoms with Crippen molar-refractivity contribution in [1.82, 2.24) is 5.48 Å². The average molecular weight is 505 g/mol. The Hall–Kier alpha value is -3.05. The summed E-state index contributed by atoms with van der Waals surface area (Å²) in [6, 6.07) is 14.4. The van der Waals surface area contributed by atoms with Gasteiger partial charge < -0.3 is 19.3 Å². The normalized spacial score (nSPS) is 12.7. The van der Waals surface area contributed by atoms with Gasteiger partial charge in [0.15, 0.2) is 6.10 Å². The summed E-state index contributed by atoms with van der Waals surface area (Å²) in [5, 5.41) is 20.4. The first kappa shape index (κ1) is 28.2. The molecule has 2 aromatic carbocycles. The van der Waals surface area contributed by atoms with Gasteiger partial charge in [-0.2, -0.15) is 0 Å². The van der Waals surface area contributed by atoms with Crippen LogP contribution in [0, 0.1) is 0 Å². The number of carbonyl (C=O) groups is 2. The molecular formula is C25H32N2O7S. The molecule has 0 heterocycles. The van der Waals surface area contributed by atoms with E-state index >= 15 is 0 Å². The highest BCUT2D eigenvalue weighted by Gasteiger charge is 2.28. The Morgan fingerprint density at radius 1 is 1.17 bits per heavy atom. The summed E-state index contributed by atoms with van der Waals surface area (Å²) < 4.78 is 17.3. The summed E-state index contributed by atoms with van der Waals surface area (Å²) in [4.78, 5) is 25.1. The van der Waals surface area contributed by atoms with Gasteiger partial charge in [0.05, 0.1) is 12.7 Å². The van der Waals surface area contributed by atoms with Gasteiger partial charge in [0.1, 0.15) is 12.4 Å². The Balaban J connectivity index is 2.24. The van der Waals surface area contributed by atoms with Crippen molar-refractivity contribution in [2.24, 2.45) is 0 Å². The Bertz CT molecular complexity index is 953. The minimum absolute atomic E-state index is 0.128. The van der Waals surface area contributed by atoms with Crippen LogP contribution in [0.5, 0.6) is 5.75 Å². The number of amides is 2. The fourth-order valence-corrected chi connectivity index (χ4v) is 3.67. The van der Waals surface area contributed by atoms with Gasteiger partial charge in [-0.15, -0.1) is 11.8 Å². The lowest BCUT2D eigenvalue weighted by molar-refractivity contribution is -0.124. The zero-order valence-corrected chi connectivity index (χ0v) is 20.6. The second kappa shape index (κ2) is 15.8. The fourth-order valence-electron chi connectivity index (χ4n) is 3.26. The topological polar surface area (TPSA) is 126 Å². The third-order valence-corrected chi connectivity index (χ3v) is 5.58. The number of hydrogen-bond acceptors (Lipinski definition) is 8. The first-order chi connectivity index (χ1) is 17.0. The molecule has 10 heteroatoms. The van der Waals surface area contributed by atoms with Crippen LogP contribution in [0.2, 0.25) is 0 Å². The number of carbonyl (C=O) groups excluding carboxylic acids is 2. The van der Waals surface area contributed by atoms with Crippen molar-refractivity contribution >= 4 is 29.4 Å². The molecule has 0 saturated carbocycles. The van der Waals surface area contributed by atoms with E-state index < -0.39 is 24.2 Å². The molecule has 35 heavy (non-hydrogen) atoms. The van der Waals surface area contributed by atoms with Crippen LogP contribution in [0.1, 0.15) is 31.4 Å². The van der Waals surface area contributed by atoms with E-state index in [1.54, 1.807) is 54.2 Å². The number of benzene rings is 2. The van der Waals surface area contributed by atoms with Crippen LogP contribution >= 0.6 is 11.8 Å². The van der Waals surface area contributed by atoms with Crippen LogP contribution in [0.25, 0.3) is 0 Å². The molecule has 2 amide bonds. The van der Waals surface area contributed by atoms with Gasteiger partial charge in [-0.1, -0.05) is 18.2 Å². The Labute approximate surface area is 209 Å². The molecule has 0 aromatic heterocycles. The molecule has 190 valence electrons. The van der Waals surface area contributed by atoms with Crippen molar-refractivity contribution in [2.45, 2.75) is 36.9 Å². The van der Waals surface area contributed by atoms with Crippen LogP contribution < -0.4 is 15.5 Å². The van der Waals surface area contributed by atoms with Gasteiger partial charge in [-0.25, -0.2) is 10.3 Å². The molecule has 2 aromatic rings. The summed E-state index contributed by atoms with van der Waals surface area (Å²) in [7, 11) is 0. The van der Waals surface area contributed by atoms with E-state index in [4.69, 9.17) is 24.5 Å². The van der Waals surface area contributed by atoms with Crippen molar-refractivity contribution in [3.8, 4) is 5.75 Å². The number of nitrogens with one attached hydrogen (secondary N) is 2. The molecule has 0 bridgehead atoms. The van der Waals surface area contributed by atoms with Crippen LogP contribution in [0.3, 0.4) is 0 Å². The van der Waals surface area contributed by atoms with E-state index in [1.807, 2.05) is 25.3 Å². The Morgan fingerprint density at radius 3 is 2.60 bits per heavy atom. The first-order valence-electron chi connectivity index (χ1n) is 11.2. The number of thioether (sulfide) groups is 1. The lowest BCUT2D eigenvalue weighted by Gasteiger charge is -2.27. The molecule has 4 N–H and O–H groups in total. The van der Waals surface area contributed by atoms with Gasteiger partial charge in [0, 0.05) is 23.3 Å². The predicted molar refractivity (Wildman–Crippen MR) is 134 cm³/mol. The summed E-state index contributed by atoms with van der Waals surface area (Å²) in [6.45, 7) is 2.22. The number of aliphatic hydroxyl groups is 1. The molecule has 0 saturated heterocycles. The molecule has 0 unspecified atom stereocenters. The van der Waals surface area contributed by atoms with Crippen molar-refractivity contribution in [1.29, 1.82) is 0 Å². The van der Waals surface area contributed by atoms with E-state index in [2.05, 4.69) is 5.32 Å². The zero-order chi connectivity index (χ0) is 25.5. The highest BCUT2D eigenvalue weighted by molar-refractivity contribution is 7.98. The van der Waals surface area contributed by atoms with Gasteiger partial charge in [-0.05, 0) is 68.0 Å². The fraction of sp³-hybridized carbons (Fsp3) is 0.360. The number of allylic oxidation sites excluding steroid dienone is 1. The second-order valence-electron chi connectivity index (χ2n) is 7.27. The number of anilines is 1. The van der Waals surface area contributed by atoms with Crippen molar-refractivity contribution in [3.63, 3.8) is 0 Å². The van der Waals surface area contributed by atoms with Crippen molar-refractivity contribution in [3.05, 3.63) is 66.2 Å². The Kier molecular flexibility index (Phi) is 12.7. The maximum atomic E-state index is 12.8. The van der Waals surface area contributed by atoms with Crippen LogP contribution in [0.4, 0.5) is 10.5 Å². The third-order valence-electron chi connectivity index (χ3n) is 4.83. The van der Waals surface area contributed by atoms with Gasteiger partial charge >= 0.3 is 6.09 Å². The quantitative estimate of drug-likeness (QED) is 0.130. The van der Waals surface area contributed by atoms with Crippen LogP contribution in [-0.4, -0.2) is 54.5 Å². The summed E-state index contributed by atoms with van der Waals surface area (Å²) in [6.07, 6.45) is 3.71. The smallest absolute Gasteiger partial charge is 0.412 e. The summed E-state index contributed by atoms with van der Waals surface area (Å²) in [5.41, 5.74) is 2.79. The number of ether oxygens (including phenoxy) is 3. The van der Waals surface area contributed by atoms with Crippen molar-refractivity contribution < 1.29 is 34.1 Å². The van der Waals surface area contributed by atoms with E-state index in [0.717, 1.165) is 4.90 Å². The van der Waals surface area contributed by atoms with Gasteiger partial charge in [0.2, 0.25) is 0 Å². The largest absolute Gasteiger partial charge is 0.491 e. The van der Waals surface area contributed by atoms with E-state index in [0.29, 0.717) is 36.4 Å². The number of rotatable bonds is 14. The second-order valence-corrected chi connectivity index (χ2v) is 8.15. The van der Waals surface area contributed by atoms with Crippen molar-refractivity contribution in [2.75, 3.05) is 31.4 Å². The van der Waals surface area contributed by atoms with Crippen LogP contribution in [0.15, 0.2) is 65.6 Å².